The lowest BCUT2D eigenvalue weighted by Gasteiger charge is -2.34. The van der Waals surface area contributed by atoms with Gasteiger partial charge in [0.05, 0.1) is 0 Å². The maximum absolute atomic E-state index is 12.9. The molecule has 7 nitrogen and oxygen atoms in total. The van der Waals surface area contributed by atoms with Crippen molar-refractivity contribution in [1.82, 2.24) is 10.2 Å². The van der Waals surface area contributed by atoms with Crippen LogP contribution >= 0.6 is 0 Å². The minimum atomic E-state index is -0.964. The van der Waals surface area contributed by atoms with E-state index in [0.717, 1.165) is 25.7 Å². The Balaban J connectivity index is 1.66. The van der Waals surface area contributed by atoms with Gasteiger partial charge in [-0.25, -0.2) is 9.59 Å². The molecule has 1 saturated carbocycles. The Morgan fingerprint density at radius 1 is 1.15 bits per heavy atom. The highest BCUT2D eigenvalue weighted by atomic mass is 16.4. The second kappa shape index (κ2) is 7.76. The number of para-hydroxylation sites is 1. The van der Waals surface area contributed by atoms with Crippen LogP contribution in [0.25, 0.3) is 0 Å². The van der Waals surface area contributed by atoms with E-state index in [9.17, 15) is 19.5 Å². The molecular weight excluding hydrogens is 334 g/mol. The topological polar surface area (TPSA) is 98.7 Å². The van der Waals surface area contributed by atoms with Gasteiger partial charge in [0.1, 0.15) is 12.1 Å². The van der Waals surface area contributed by atoms with E-state index in [1.807, 2.05) is 6.07 Å². The largest absolute Gasteiger partial charge is 0.480 e. The molecule has 0 radical (unpaired) electrons. The van der Waals surface area contributed by atoms with Crippen molar-refractivity contribution in [3.05, 3.63) is 30.3 Å². The standard InChI is InChI=1S/C19H25N3O4/c1-12(20-19(26)21-14-8-3-2-4-9-14)17(23)22-15-10-6-5-7-13(15)11-16(22)18(24)25/h2-4,8-9,12-13,15-16H,5-7,10-11H2,1H3,(H,24,25)(H2,20,21,26). The highest BCUT2D eigenvalue weighted by Crippen LogP contribution is 2.40. The minimum Gasteiger partial charge on any atom is -0.480 e. The average Bonchev–Trinajstić information content (AvgIpc) is 3.01. The molecular formula is C19H25N3O4. The molecule has 1 aliphatic heterocycles. The maximum atomic E-state index is 12.9. The lowest BCUT2D eigenvalue weighted by molar-refractivity contribution is -0.150. The van der Waals surface area contributed by atoms with Gasteiger partial charge in [0, 0.05) is 11.7 Å². The molecule has 2 fully saturated rings. The number of hydrogen-bond acceptors (Lipinski definition) is 3. The fourth-order valence-corrected chi connectivity index (χ4v) is 4.17. The number of amides is 3. The molecule has 0 spiro atoms. The van der Waals surface area contributed by atoms with E-state index in [0.29, 0.717) is 12.1 Å². The van der Waals surface area contributed by atoms with Crippen molar-refractivity contribution < 1.29 is 19.5 Å². The second-order valence-corrected chi connectivity index (χ2v) is 7.13. The summed E-state index contributed by atoms with van der Waals surface area (Å²) in [6.07, 6.45) is 4.41. The molecule has 2 aliphatic rings. The molecule has 140 valence electrons. The van der Waals surface area contributed by atoms with Crippen LogP contribution in [0.2, 0.25) is 0 Å². The highest BCUT2D eigenvalue weighted by Gasteiger charge is 2.48. The quantitative estimate of drug-likeness (QED) is 0.769. The Hall–Kier alpha value is -2.57. The second-order valence-electron chi connectivity index (χ2n) is 7.13. The molecule has 7 heteroatoms. The van der Waals surface area contributed by atoms with E-state index in [4.69, 9.17) is 0 Å². The van der Waals surface area contributed by atoms with Gasteiger partial charge < -0.3 is 20.6 Å². The number of likely N-dealkylation sites (tertiary alicyclic amines) is 1. The van der Waals surface area contributed by atoms with Gasteiger partial charge in [-0.15, -0.1) is 0 Å². The van der Waals surface area contributed by atoms with E-state index in [1.54, 1.807) is 31.2 Å². The summed E-state index contributed by atoms with van der Waals surface area (Å²) in [5.74, 6) is -1.04. The molecule has 4 atom stereocenters. The molecule has 0 bridgehead atoms. The Morgan fingerprint density at radius 2 is 1.85 bits per heavy atom. The monoisotopic (exact) mass is 359 g/mol. The summed E-state index contributed by atoms with van der Waals surface area (Å²) >= 11 is 0. The molecule has 3 N–H and O–H groups in total. The van der Waals surface area contributed by atoms with Crippen molar-refractivity contribution >= 4 is 23.6 Å². The molecule has 1 aromatic carbocycles. The normalized spacial score (nSPS) is 25.9. The number of rotatable bonds is 4. The fraction of sp³-hybridized carbons (Fsp3) is 0.526. The van der Waals surface area contributed by atoms with E-state index in [-0.39, 0.29) is 17.9 Å². The SMILES string of the molecule is CC(NC(=O)Nc1ccccc1)C(=O)N1C(C(=O)O)CC2CCCCC21. The highest BCUT2D eigenvalue weighted by molar-refractivity contribution is 5.94. The van der Waals surface area contributed by atoms with E-state index in [1.165, 1.54) is 4.90 Å². The zero-order valence-corrected chi connectivity index (χ0v) is 14.9. The fourth-order valence-electron chi connectivity index (χ4n) is 4.17. The van der Waals surface area contributed by atoms with Gasteiger partial charge in [0.2, 0.25) is 5.91 Å². The third-order valence-electron chi connectivity index (χ3n) is 5.38. The summed E-state index contributed by atoms with van der Waals surface area (Å²) in [5.41, 5.74) is 0.626. The van der Waals surface area contributed by atoms with E-state index >= 15 is 0 Å². The van der Waals surface area contributed by atoms with Crippen molar-refractivity contribution in [3.63, 3.8) is 0 Å². The molecule has 1 heterocycles. The number of carboxylic acid groups (broad SMARTS) is 1. The predicted molar refractivity (Wildman–Crippen MR) is 96.7 cm³/mol. The molecule has 26 heavy (non-hydrogen) atoms. The van der Waals surface area contributed by atoms with Gasteiger partial charge in [-0.05, 0) is 44.2 Å². The zero-order valence-electron chi connectivity index (χ0n) is 14.9. The Morgan fingerprint density at radius 3 is 2.54 bits per heavy atom. The van der Waals surface area contributed by atoms with Gasteiger partial charge in [0.25, 0.3) is 0 Å². The molecule has 1 aromatic rings. The summed E-state index contributed by atoms with van der Waals surface area (Å²) in [6, 6.07) is 6.85. The summed E-state index contributed by atoms with van der Waals surface area (Å²) in [5, 5.41) is 14.8. The smallest absolute Gasteiger partial charge is 0.326 e. The number of aliphatic carboxylic acids is 1. The number of anilines is 1. The number of carbonyl (C=O) groups excluding carboxylic acids is 2. The van der Waals surface area contributed by atoms with Crippen LogP contribution in [0.15, 0.2) is 30.3 Å². The number of nitrogens with one attached hydrogen (secondary N) is 2. The first-order valence-corrected chi connectivity index (χ1v) is 9.15. The van der Waals surface area contributed by atoms with Crippen molar-refractivity contribution in [1.29, 1.82) is 0 Å². The van der Waals surface area contributed by atoms with Crippen LogP contribution in [-0.4, -0.2) is 46.0 Å². The van der Waals surface area contributed by atoms with Crippen LogP contribution in [0.5, 0.6) is 0 Å². The van der Waals surface area contributed by atoms with Crippen LogP contribution in [0.4, 0.5) is 10.5 Å². The number of fused-ring (bicyclic) bond motifs is 1. The molecule has 1 saturated heterocycles. The third-order valence-corrected chi connectivity index (χ3v) is 5.38. The minimum absolute atomic E-state index is 0.0289. The lowest BCUT2D eigenvalue weighted by Crippen LogP contribution is -2.54. The molecule has 4 unspecified atom stereocenters. The van der Waals surface area contributed by atoms with E-state index in [2.05, 4.69) is 10.6 Å². The van der Waals surface area contributed by atoms with Crippen LogP contribution in [0.3, 0.4) is 0 Å². The first-order valence-electron chi connectivity index (χ1n) is 9.15. The zero-order chi connectivity index (χ0) is 18.7. The number of hydrogen-bond donors (Lipinski definition) is 3. The van der Waals surface area contributed by atoms with Gasteiger partial charge in [-0.1, -0.05) is 31.0 Å². The predicted octanol–water partition coefficient (Wildman–Crippen LogP) is 2.44. The Kier molecular flexibility index (Phi) is 5.44. The van der Waals surface area contributed by atoms with Crippen molar-refractivity contribution in [2.75, 3.05) is 5.32 Å². The van der Waals surface area contributed by atoms with Gasteiger partial charge in [-0.2, -0.15) is 0 Å². The van der Waals surface area contributed by atoms with Gasteiger partial charge in [-0.3, -0.25) is 4.79 Å². The van der Waals surface area contributed by atoms with Crippen molar-refractivity contribution in [3.8, 4) is 0 Å². The number of benzene rings is 1. The van der Waals surface area contributed by atoms with E-state index < -0.39 is 24.1 Å². The third kappa shape index (κ3) is 3.81. The Bertz CT molecular complexity index is 679. The van der Waals surface area contributed by atoms with Gasteiger partial charge in [0.15, 0.2) is 0 Å². The summed E-state index contributed by atoms with van der Waals surface area (Å²) in [7, 11) is 0. The number of carbonyl (C=O) groups is 3. The van der Waals surface area contributed by atoms with Crippen LogP contribution in [-0.2, 0) is 9.59 Å². The Labute approximate surface area is 152 Å². The summed E-state index contributed by atoms with van der Waals surface area (Å²) in [6.45, 7) is 1.60. The first kappa shape index (κ1) is 18.2. The molecule has 0 aromatic heterocycles. The number of carboxylic acids is 1. The summed E-state index contributed by atoms with van der Waals surface area (Å²) < 4.78 is 0. The average molecular weight is 359 g/mol. The number of nitrogens with zero attached hydrogens (tertiary/aromatic N) is 1. The van der Waals surface area contributed by atoms with Crippen molar-refractivity contribution in [2.24, 2.45) is 5.92 Å². The van der Waals surface area contributed by atoms with Gasteiger partial charge >= 0.3 is 12.0 Å². The first-order chi connectivity index (χ1) is 12.5. The lowest BCUT2D eigenvalue weighted by atomic mass is 9.84. The number of urea groups is 1. The molecule has 1 aliphatic carbocycles. The van der Waals surface area contributed by atoms with Crippen LogP contribution < -0.4 is 10.6 Å². The van der Waals surface area contributed by atoms with Crippen molar-refractivity contribution in [2.45, 2.75) is 57.2 Å². The molecule has 3 amide bonds. The molecule has 3 rings (SSSR count). The summed E-state index contributed by atoms with van der Waals surface area (Å²) in [4.78, 5) is 38.2. The maximum Gasteiger partial charge on any atom is 0.326 e. The van der Waals surface area contributed by atoms with Crippen LogP contribution in [0.1, 0.15) is 39.0 Å². The van der Waals surface area contributed by atoms with Crippen LogP contribution in [0, 0.1) is 5.92 Å².